The van der Waals surface area contributed by atoms with Crippen molar-refractivity contribution in [3.63, 3.8) is 0 Å². The Labute approximate surface area is 336 Å². The number of hydrogen-bond acceptors (Lipinski definition) is 2. The molecule has 58 heavy (non-hydrogen) atoms. The zero-order valence-electron chi connectivity index (χ0n) is 32.0. The van der Waals surface area contributed by atoms with Crippen LogP contribution in [0.1, 0.15) is 23.6 Å². The van der Waals surface area contributed by atoms with Crippen LogP contribution in [0.5, 0.6) is 0 Å². The Morgan fingerprint density at radius 1 is 0.345 bits per heavy atom. The summed E-state index contributed by atoms with van der Waals surface area (Å²) in [7, 11) is 0. The molecule has 0 atom stereocenters. The standard InChI is InChI=1S/C56H37NO/c1-56(52-21-11-9-19-47(52)48-20-10-12-22-53(48)56)38-25-30-49-51-35-41(29-32-54(51)58-55(49)33-38)57(39-26-23-37(24-27-39)36-13-3-2-4-14-36)40-28-31-46-44-17-6-5-15-42(44)43-16-7-8-18-45(43)50(46)34-40/h2-35H,1H3. The topological polar surface area (TPSA) is 16.4 Å². The minimum absolute atomic E-state index is 0.292. The number of benzene rings is 10. The highest BCUT2D eigenvalue weighted by molar-refractivity contribution is 6.25. The molecule has 11 aromatic rings. The second-order valence-electron chi connectivity index (χ2n) is 15.8. The van der Waals surface area contributed by atoms with Gasteiger partial charge in [-0.25, -0.2) is 0 Å². The van der Waals surface area contributed by atoms with Gasteiger partial charge < -0.3 is 9.32 Å². The molecular weight excluding hydrogens is 703 g/mol. The first-order valence-electron chi connectivity index (χ1n) is 20.1. The fourth-order valence-corrected chi connectivity index (χ4v) is 9.89. The molecule has 0 saturated carbocycles. The van der Waals surface area contributed by atoms with Crippen molar-refractivity contribution in [3.05, 3.63) is 223 Å². The summed E-state index contributed by atoms with van der Waals surface area (Å²) in [6.45, 7) is 2.36. The third-order valence-corrected chi connectivity index (χ3v) is 12.7. The first-order valence-corrected chi connectivity index (χ1v) is 20.1. The predicted molar refractivity (Wildman–Crippen MR) is 244 cm³/mol. The van der Waals surface area contributed by atoms with Gasteiger partial charge in [0.25, 0.3) is 0 Å². The minimum Gasteiger partial charge on any atom is -0.456 e. The van der Waals surface area contributed by atoms with Crippen LogP contribution in [0.15, 0.2) is 211 Å². The van der Waals surface area contributed by atoms with Crippen molar-refractivity contribution in [2.75, 3.05) is 4.90 Å². The Hall–Kier alpha value is -7.42. The summed E-state index contributed by atoms with van der Waals surface area (Å²) < 4.78 is 6.71. The molecule has 0 radical (unpaired) electrons. The number of fused-ring (bicyclic) bond motifs is 12. The van der Waals surface area contributed by atoms with Crippen LogP contribution in [0.3, 0.4) is 0 Å². The van der Waals surface area contributed by atoms with Gasteiger partial charge in [-0.3, -0.25) is 0 Å². The van der Waals surface area contributed by atoms with Gasteiger partial charge in [0.1, 0.15) is 11.2 Å². The van der Waals surface area contributed by atoms with Crippen molar-refractivity contribution in [2.45, 2.75) is 12.3 Å². The molecule has 0 unspecified atom stereocenters. The number of hydrogen-bond donors (Lipinski definition) is 0. The summed E-state index contributed by atoms with van der Waals surface area (Å²) in [4.78, 5) is 2.39. The molecule has 0 spiro atoms. The van der Waals surface area contributed by atoms with E-state index in [1.807, 2.05) is 0 Å². The highest BCUT2D eigenvalue weighted by atomic mass is 16.3. The van der Waals surface area contributed by atoms with Crippen LogP contribution in [0.2, 0.25) is 0 Å². The highest BCUT2D eigenvalue weighted by Crippen LogP contribution is 2.53. The lowest BCUT2D eigenvalue weighted by Gasteiger charge is -2.28. The molecule has 1 aliphatic carbocycles. The van der Waals surface area contributed by atoms with E-state index in [9.17, 15) is 0 Å². The quantitative estimate of drug-likeness (QED) is 0.163. The zero-order chi connectivity index (χ0) is 38.4. The molecule has 1 aromatic heterocycles. The van der Waals surface area contributed by atoms with Gasteiger partial charge in [0.05, 0.1) is 0 Å². The monoisotopic (exact) mass is 739 g/mol. The molecule has 0 bridgehead atoms. The average Bonchev–Trinajstić information content (AvgIpc) is 3.79. The Morgan fingerprint density at radius 2 is 0.828 bits per heavy atom. The van der Waals surface area contributed by atoms with Crippen LogP contribution in [0, 0.1) is 0 Å². The summed E-state index contributed by atoms with van der Waals surface area (Å²) >= 11 is 0. The van der Waals surface area contributed by atoms with Crippen molar-refractivity contribution in [1.82, 2.24) is 0 Å². The Kier molecular flexibility index (Phi) is 7.09. The largest absolute Gasteiger partial charge is 0.456 e. The summed E-state index contributed by atoms with van der Waals surface area (Å²) in [6, 6.07) is 75.2. The Morgan fingerprint density at radius 3 is 1.48 bits per heavy atom. The maximum absolute atomic E-state index is 6.71. The van der Waals surface area contributed by atoms with Gasteiger partial charge in [-0.2, -0.15) is 0 Å². The lowest BCUT2D eigenvalue weighted by molar-refractivity contribution is 0.662. The lowest BCUT2D eigenvalue weighted by atomic mass is 9.74. The van der Waals surface area contributed by atoms with Gasteiger partial charge in [0.15, 0.2) is 0 Å². The van der Waals surface area contributed by atoms with E-state index in [4.69, 9.17) is 4.42 Å². The summed E-state index contributed by atoms with van der Waals surface area (Å²) in [6.07, 6.45) is 0. The van der Waals surface area contributed by atoms with Crippen molar-refractivity contribution in [1.29, 1.82) is 0 Å². The molecule has 2 nitrogen and oxygen atoms in total. The van der Waals surface area contributed by atoms with E-state index in [1.54, 1.807) is 0 Å². The van der Waals surface area contributed by atoms with Crippen LogP contribution in [0.25, 0.3) is 76.5 Å². The number of anilines is 3. The predicted octanol–water partition coefficient (Wildman–Crippen LogP) is 15.5. The maximum Gasteiger partial charge on any atom is 0.135 e. The summed E-state index contributed by atoms with van der Waals surface area (Å²) in [5.74, 6) is 0. The first-order chi connectivity index (χ1) is 28.6. The Bertz CT molecular complexity index is 3330. The molecule has 272 valence electrons. The minimum atomic E-state index is -0.292. The van der Waals surface area contributed by atoms with Gasteiger partial charge in [-0.05, 0) is 127 Å². The number of furan rings is 1. The van der Waals surface area contributed by atoms with Gasteiger partial charge in [-0.15, -0.1) is 0 Å². The second kappa shape index (κ2) is 12.5. The first kappa shape index (κ1) is 32.8. The second-order valence-corrected chi connectivity index (χ2v) is 15.8. The van der Waals surface area contributed by atoms with Crippen LogP contribution in [0.4, 0.5) is 17.1 Å². The molecule has 1 heterocycles. The van der Waals surface area contributed by atoms with Gasteiger partial charge in [0, 0.05) is 33.2 Å². The fourth-order valence-electron chi connectivity index (χ4n) is 9.89. The molecular formula is C56H37NO. The molecule has 1 aliphatic rings. The van der Waals surface area contributed by atoms with E-state index in [0.29, 0.717) is 0 Å². The number of nitrogens with zero attached hydrogens (tertiary/aromatic N) is 1. The van der Waals surface area contributed by atoms with E-state index >= 15 is 0 Å². The van der Waals surface area contributed by atoms with Crippen molar-refractivity contribution >= 4 is 71.3 Å². The van der Waals surface area contributed by atoms with E-state index in [-0.39, 0.29) is 5.41 Å². The zero-order valence-corrected chi connectivity index (χ0v) is 32.0. The van der Waals surface area contributed by atoms with Gasteiger partial charge in [-0.1, -0.05) is 158 Å². The molecule has 0 N–H and O–H groups in total. The molecule has 12 rings (SSSR count). The summed E-state index contributed by atoms with van der Waals surface area (Å²) in [5.41, 5.74) is 13.6. The van der Waals surface area contributed by atoms with Crippen LogP contribution in [-0.2, 0) is 5.41 Å². The van der Waals surface area contributed by atoms with Crippen LogP contribution in [-0.4, -0.2) is 0 Å². The molecule has 0 amide bonds. The van der Waals surface area contributed by atoms with E-state index in [2.05, 4.69) is 218 Å². The van der Waals surface area contributed by atoms with Gasteiger partial charge in [0.2, 0.25) is 0 Å². The normalized spacial score (nSPS) is 13.1. The molecule has 0 fully saturated rings. The smallest absolute Gasteiger partial charge is 0.135 e. The SMILES string of the molecule is CC1(c2ccc3c(c2)oc2ccc(N(c4ccc(-c5ccccc5)cc4)c4ccc5c6ccccc6c6ccccc6c5c4)cc23)c2ccccc2-c2ccccc21. The third-order valence-electron chi connectivity index (χ3n) is 12.7. The summed E-state index contributed by atoms with van der Waals surface area (Å²) in [5, 5.41) is 9.78. The molecule has 10 aromatic carbocycles. The lowest BCUT2D eigenvalue weighted by Crippen LogP contribution is -2.22. The van der Waals surface area contributed by atoms with Crippen LogP contribution >= 0.6 is 0 Å². The molecule has 0 saturated heterocycles. The molecule has 2 heteroatoms. The van der Waals surface area contributed by atoms with E-state index in [0.717, 1.165) is 39.0 Å². The fraction of sp³-hybridized carbons (Fsp3) is 0.0357. The van der Waals surface area contributed by atoms with Gasteiger partial charge >= 0.3 is 0 Å². The average molecular weight is 740 g/mol. The molecule has 0 aliphatic heterocycles. The van der Waals surface area contributed by atoms with E-state index < -0.39 is 0 Å². The van der Waals surface area contributed by atoms with Crippen LogP contribution < -0.4 is 4.90 Å². The Balaban J connectivity index is 1.03. The van der Waals surface area contributed by atoms with Crippen molar-refractivity contribution in [2.24, 2.45) is 0 Å². The van der Waals surface area contributed by atoms with E-state index in [1.165, 1.54) is 71.3 Å². The third kappa shape index (κ3) is 4.79. The highest BCUT2D eigenvalue weighted by Gasteiger charge is 2.40. The van der Waals surface area contributed by atoms with Crippen molar-refractivity contribution < 1.29 is 4.42 Å². The maximum atomic E-state index is 6.71. The van der Waals surface area contributed by atoms with Crippen molar-refractivity contribution in [3.8, 4) is 22.3 Å². The number of rotatable bonds is 5.